The van der Waals surface area contributed by atoms with Crippen LogP contribution in [0, 0.1) is 0 Å². The van der Waals surface area contributed by atoms with Crippen molar-refractivity contribution in [2.24, 2.45) is 0 Å². The molecule has 0 heterocycles. The van der Waals surface area contributed by atoms with Crippen molar-refractivity contribution in [1.82, 2.24) is 0 Å². The number of hydrogen-bond donors (Lipinski definition) is 1. The van der Waals surface area contributed by atoms with E-state index in [9.17, 15) is 5.11 Å². The Balaban J connectivity index is 3.65. The summed E-state index contributed by atoms with van der Waals surface area (Å²) in [6.07, 6.45) is 3.89. The van der Waals surface area contributed by atoms with Gasteiger partial charge in [-0.2, -0.15) is 0 Å². The first-order chi connectivity index (χ1) is 5.29. The third kappa shape index (κ3) is 1.43. The summed E-state index contributed by atoms with van der Waals surface area (Å²) in [6, 6.07) is 5.52. The molecule has 0 radical (unpaired) electrons. The van der Waals surface area contributed by atoms with Crippen molar-refractivity contribution in [1.29, 1.82) is 0 Å². The van der Waals surface area contributed by atoms with E-state index in [1.165, 1.54) is 0 Å². The summed E-state index contributed by atoms with van der Waals surface area (Å²) in [7, 11) is 0. The van der Waals surface area contributed by atoms with Gasteiger partial charge in [-0.3, -0.25) is 0 Å². The lowest BCUT2D eigenvalue weighted by Gasteiger charge is -1.92. The Morgan fingerprint density at radius 1 is 1.18 bits per heavy atom. The molecule has 1 heteroatoms. The Hall–Kier alpha value is -1.24. The third-order valence-corrected chi connectivity index (χ3v) is 1.72. The average Bonchev–Trinajstić information content (AvgIpc) is 2.04. The van der Waals surface area contributed by atoms with Crippen molar-refractivity contribution < 1.29 is 5.11 Å². The van der Waals surface area contributed by atoms with Crippen LogP contribution >= 0.6 is 0 Å². The van der Waals surface area contributed by atoms with E-state index in [1.54, 1.807) is 6.07 Å². The molecule has 0 saturated heterocycles. The molecule has 1 aromatic carbocycles. The molecule has 0 saturated carbocycles. The van der Waals surface area contributed by atoms with Gasteiger partial charge >= 0.3 is 0 Å². The van der Waals surface area contributed by atoms with Gasteiger partial charge in [0.05, 0.1) is 0 Å². The second kappa shape index (κ2) is 3.24. The first kappa shape index (κ1) is 7.86. The van der Waals surface area contributed by atoms with Gasteiger partial charge in [0.15, 0.2) is 0 Å². The van der Waals surface area contributed by atoms with E-state index in [2.05, 4.69) is 0 Å². The van der Waals surface area contributed by atoms with Crippen LogP contribution in [0.3, 0.4) is 0 Å². The molecule has 0 spiro atoms. The van der Waals surface area contributed by atoms with E-state index >= 15 is 0 Å². The van der Waals surface area contributed by atoms with Gasteiger partial charge in [0.1, 0.15) is 5.75 Å². The number of benzene rings is 1. The predicted molar refractivity (Wildman–Crippen MR) is 47.6 cm³/mol. The van der Waals surface area contributed by atoms with Gasteiger partial charge in [0, 0.05) is 5.22 Å². The first-order valence-corrected chi connectivity index (χ1v) is 3.70. The predicted octanol–water partition coefficient (Wildman–Crippen LogP) is 0.993. The number of phenolic OH excluding ortho intramolecular Hbond substituents is 1. The van der Waals surface area contributed by atoms with Crippen molar-refractivity contribution in [3.8, 4) is 5.75 Å². The van der Waals surface area contributed by atoms with Gasteiger partial charge in [-0.05, 0) is 25.1 Å². The standard InChI is InChI=1S/C10H12O/c1-3-8-6-5-7-10(11)9(8)4-2/h3-7,11H,1-2H3/b8-3-,9-4+. The topological polar surface area (TPSA) is 20.2 Å². The highest BCUT2D eigenvalue weighted by molar-refractivity contribution is 5.36. The van der Waals surface area contributed by atoms with Crippen molar-refractivity contribution in [2.45, 2.75) is 13.8 Å². The summed E-state index contributed by atoms with van der Waals surface area (Å²) in [4.78, 5) is 0. The van der Waals surface area contributed by atoms with Crippen molar-refractivity contribution in [3.05, 3.63) is 28.6 Å². The summed E-state index contributed by atoms with van der Waals surface area (Å²) >= 11 is 0. The molecule has 0 aliphatic carbocycles. The molecular weight excluding hydrogens is 136 g/mol. The fourth-order valence-corrected chi connectivity index (χ4v) is 1.14. The number of hydrogen-bond acceptors (Lipinski definition) is 1. The monoisotopic (exact) mass is 148 g/mol. The highest BCUT2D eigenvalue weighted by Gasteiger charge is 1.88. The van der Waals surface area contributed by atoms with Gasteiger partial charge in [-0.1, -0.05) is 24.3 Å². The van der Waals surface area contributed by atoms with Crippen LogP contribution in [-0.4, -0.2) is 5.11 Å². The largest absolute Gasteiger partial charge is 0.507 e. The molecule has 0 aromatic heterocycles. The second-order valence-electron chi connectivity index (χ2n) is 2.36. The fourth-order valence-electron chi connectivity index (χ4n) is 1.14. The normalized spacial score (nSPS) is 14.0. The molecule has 0 atom stereocenters. The zero-order chi connectivity index (χ0) is 8.27. The second-order valence-corrected chi connectivity index (χ2v) is 2.36. The summed E-state index contributed by atoms with van der Waals surface area (Å²) in [6.45, 7) is 3.88. The summed E-state index contributed by atoms with van der Waals surface area (Å²) in [5.74, 6) is 0.350. The van der Waals surface area contributed by atoms with E-state index in [0.29, 0.717) is 5.75 Å². The lowest BCUT2D eigenvalue weighted by atomic mass is 10.2. The van der Waals surface area contributed by atoms with Gasteiger partial charge in [0.2, 0.25) is 0 Å². The van der Waals surface area contributed by atoms with Gasteiger partial charge in [0.25, 0.3) is 0 Å². The minimum absolute atomic E-state index is 0.350. The molecule has 0 bridgehead atoms. The Bertz CT molecular complexity index is 350. The summed E-state index contributed by atoms with van der Waals surface area (Å²) in [5, 5.41) is 11.4. The van der Waals surface area contributed by atoms with Crippen LogP contribution in [0.2, 0.25) is 0 Å². The molecule has 0 aliphatic rings. The molecule has 58 valence electrons. The smallest absolute Gasteiger partial charge is 0.123 e. The van der Waals surface area contributed by atoms with Gasteiger partial charge in [-0.25, -0.2) is 0 Å². The van der Waals surface area contributed by atoms with Crippen LogP contribution < -0.4 is 10.4 Å². The minimum atomic E-state index is 0.350. The van der Waals surface area contributed by atoms with Gasteiger partial charge in [-0.15, -0.1) is 0 Å². The van der Waals surface area contributed by atoms with Crippen LogP contribution in [0.1, 0.15) is 13.8 Å². The highest BCUT2D eigenvalue weighted by Crippen LogP contribution is 1.93. The molecular formula is C10H12O. The zero-order valence-corrected chi connectivity index (χ0v) is 6.83. The van der Waals surface area contributed by atoms with Crippen LogP contribution in [0.4, 0.5) is 0 Å². The van der Waals surface area contributed by atoms with Crippen LogP contribution in [0.15, 0.2) is 18.2 Å². The van der Waals surface area contributed by atoms with Crippen LogP contribution in [-0.2, 0) is 0 Å². The first-order valence-electron chi connectivity index (χ1n) is 3.70. The van der Waals surface area contributed by atoms with Crippen molar-refractivity contribution >= 4 is 12.2 Å². The fraction of sp³-hybridized carbons (Fsp3) is 0.200. The van der Waals surface area contributed by atoms with Gasteiger partial charge < -0.3 is 5.11 Å². The Kier molecular flexibility index (Phi) is 2.32. The summed E-state index contributed by atoms with van der Waals surface area (Å²) in [5.41, 5.74) is 0. The number of aromatic hydroxyl groups is 1. The molecule has 1 aromatic rings. The van der Waals surface area contributed by atoms with E-state index in [4.69, 9.17) is 0 Å². The average molecular weight is 148 g/mol. The highest BCUT2D eigenvalue weighted by atomic mass is 16.3. The van der Waals surface area contributed by atoms with Crippen LogP contribution in [0.25, 0.3) is 12.2 Å². The molecule has 0 aliphatic heterocycles. The minimum Gasteiger partial charge on any atom is -0.507 e. The molecule has 1 nitrogen and oxygen atoms in total. The van der Waals surface area contributed by atoms with E-state index in [1.807, 2.05) is 38.1 Å². The maximum absolute atomic E-state index is 9.37. The molecule has 0 amide bonds. The quantitative estimate of drug-likeness (QED) is 0.581. The Labute approximate surface area is 66.3 Å². The molecule has 11 heavy (non-hydrogen) atoms. The van der Waals surface area contributed by atoms with E-state index in [0.717, 1.165) is 10.4 Å². The zero-order valence-electron chi connectivity index (χ0n) is 6.83. The maximum Gasteiger partial charge on any atom is 0.123 e. The Morgan fingerprint density at radius 2 is 1.91 bits per heavy atom. The number of rotatable bonds is 0. The molecule has 1 rings (SSSR count). The van der Waals surface area contributed by atoms with Crippen LogP contribution in [0.5, 0.6) is 5.75 Å². The maximum atomic E-state index is 9.37. The molecule has 0 fully saturated rings. The van der Waals surface area contributed by atoms with Crippen molar-refractivity contribution in [2.75, 3.05) is 0 Å². The third-order valence-electron chi connectivity index (χ3n) is 1.72. The lowest BCUT2D eigenvalue weighted by Crippen LogP contribution is -2.23. The van der Waals surface area contributed by atoms with Crippen molar-refractivity contribution in [3.63, 3.8) is 0 Å². The molecule has 1 N–H and O–H groups in total. The van der Waals surface area contributed by atoms with E-state index < -0.39 is 0 Å². The molecule has 0 unspecified atom stereocenters. The Morgan fingerprint density at radius 3 is 2.36 bits per heavy atom. The number of phenols is 1. The summed E-state index contributed by atoms with van der Waals surface area (Å²) < 4.78 is 0. The SMILES string of the molecule is C/C=c1/cccc(O)/c1=C/C. The van der Waals surface area contributed by atoms with E-state index in [-0.39, 0.29) is 0 Å². The lowest BCUT2D eigenvalue weighted by molar-refractivity contribution is 0.470.